The normalized spacial score (nSPS) is 18.0. The van der Waals surface area contributed by atoms with Crippen LogP contribution in [0, 0.1) is 10.8 Å². The van der Waals surface area contributed by atoms with Crippen molar-refractivity contribution in [3.05, 3.63) is 0 Å². The van der Waals surface area contributed by atoms with Gasteiger partial charge in [-0.15, -0.1) is 0 Å². The highest BCUT2D eigenvalue weighted by molar-refractivity contribution is 5.02. The maximum atomic E-state index is 14.3. The second-order valence-corrected chi connectivity index (χ2v) is 5.03. The molecule has 0 aromatic heterocycles. The predicted octanol–water partition coefficient (Wildman–Crippen LogP) is 5.43. The van der Waals surface area contributed by atoms with Crippen LogP contribution in [0.5, 0.6) is 0 Å². The first-order valence-electron chi connectivity index (χ1n) is 5.88. The molecule has 0 nitrogen and oxygen atoms in total. The van der Waals surface area contributed by atoms with E-state index in [1.807, 2.05) is 0 Å². The zero-order chi connectivity index (χ0) is 14.1. The van der Waals surface area contributed by atoms with Crippen molar-refractivity contribution in [3.8, 4) is 0 Å². The SMILES string of the molecule is CCC(C)(CC)C(F)(F)C(C)(CC)C(F)(F)F. The van der Waals surface area contributed by atoms with Gasteiger partial charge in [0.2, 0.25) is 0 Å². The van der Waals surface area contributed by atoms with Gasteiger partial charge in [-0.25, -0.2) is 8.78 Å². The molecule has 17 heavy (non-hydrogen) atoms. The zero-order valence-corrected chi connectivity index (χ0v) is 11.0. The lowest BCUT2D eigenvalue weighted by molar-refractivity contribution is -0.324. The Balaban J connectivity index is 5.70. The number of hydrogen-bond acceptors (Lipinski definition) is 0. The molecule has 0 radical (unpaired) electrons. The van der Waals surface area contributed by atoms with Crippen molar-refractivity contribution in [2.45, 2.75) is 66.0 Å². The topological polar surface area (TPSA) is 0 Å². The summed E-state index contributed by atoms with van der Waals surface area (Å²) in [4.78, 5) is 0. The molecule has 0 aliphatic rings. The largest absolute Gasteiger partial charge is 0.399 e. The average Bonchev–Trinajstić information content (AvgIpc) is 2.24. The fraction of sp³-hybridized carbons (Fsp3) is 1.00. The molecule has 0 aliphatic carbocycles. The molecule has 0 spiro atoms. The molecule has 0 aliphatic heterocycles. The van der Waals surface area contributed by atoms with E-state index in [4.69, 9.17) is 0 Å². The van der Waals surface area contributed by atoms with E-state index in [1.54, 1.807) is 0 Å². The van der Waals surface area contributed by atoms with Crippen LogP contribution in [-0.4, -0.2) is 12.1 Å². The van der Waals surface area contributed by atoms with Gasteiger partial charge in [0, 0.05) is 5.41 Å². The molecule has 0 saturated carbocycles. The van der Waals surface area contributed by atoms with Gasteiger partial charge >= 0.3 is 6.18 Å². The quantitative estimate of drug-likeness (QED) is 0.578. The molecule has 0 saturated heterocycles. The van der Waals surface area contributed by atoms with Gasteiger partial charge in [-0.1, -0.05) is 27.7 Å². The van der Waals surface area contributed by atoms with Crippen LogP contribution in [0.15, 0.2) is 0 Å². The van der Waals surface area contributed by atoms with E-state index >= 15 is 0 Å². The fourth-order valence-electron chi connectivity index (χ4n) is 1.96. The van der Waals surface area contributed by atoms with E-state index in [0.717, 1.165) is 6.92 Å². The van der Waals surface area contributed by atoms with E-state index in [1.165, 1.54) is 20.8 Å². The van der Waals surface area contributed by atoms with Gasteiger partial charge < -0.3 is 0 Å². The summed E-state index contributed by atoms with van der Waals surface area (Å²) < 4.78 is 67.4. The molecule has 0 aromatic carbocycles. The molecule has 1 unspecified atom stereocenters. The Morgan fingerprint density at radius 3 is 1.24 bits per heavy atom. The molecule has 0 bridgehead atoms. The third-order valence-corrected chi connectivity index (χ3v) is 4.34. The van der Waals surface area contributed by atoms with Crippen molar-refractivity contribution in [2.75, 3.05) is 0 Å². The van der Waals surface area contributed by atoms with Crippen LogP contribution in [-0.2, 0) is 0 Å². The van der Waals surface area contributed by atoms with Gasteiger partial charge in [0.05, 0.1) is 0 Å². The summed E-state index contributed by atoms with van der Waals surface area (Å²) in [6, 6.07) is 0. The number of alkyl halides is 5. The minimum atomic E-state index is -4.91. The molecular weight excluding hydrogens is 239 g/mol. The monoisotopic (exact) mass is 260 g/mol. The summed E-state index contributed by atoms with van der Waals surface area (Å²) in [7, 11) is 0. The lowest BCUT2D eigenvalue weighted by atomic mass is 9.65. The first-order valence-corrected chi connectivity index (χ1v) is 5.88. The van der Waals surface area contributed by atoms with Crippen LogP contribution < -0.4 is 0 Å². The van der Waals surface area contributed by atoms with E-state index < -0.39 is 29.3 Å². The Morgan fingerprint density at radius 2 is 1.06 bits per heavy atom. The third kappa shape index (κ3) is 2.29. The number of halogens is 5. The molecule has 0 N–H and O–H groups in total. The smallest absolute Gasteiger partial charge is 0.205 e. The van der Waals surface area contributed by atoms with Crippen molar-refractivity contribution in [1.82, 2.24) is 0 Å². The molecule has 0 aromatic rings. The summed E-state index contributed by atoms with van der Waals surface area (Å²) in [6.45, 7) is 6.02. The van der Waals surface area contributed by atoms with Crippen LogP contribution in [0.25, 0.3) is 0 Å². The van der Waals surface area contributed by atoms with Crippen molar-refractivity contribution in [2.24, 2.45) is 10.8 Å². The molecule has 104 valence electrons. The van der Waals surface area contributed by atoms with Gasteiger partial charge in [-0.05, 0) is 26.2 Å². The molecule has 0 heterocycles. The van der Waals surface area contributed by atoms with Gasteiger partial charge in [-0.2, -0.15) is 13.2 Å². The minimum absolute atomic E-state index is 0.0160. The maximum Gasteiger partial charge on any atom is 0.399 e. The summed E-state index contributed by atoms with van der Waals surface area (Å²) in [6.07, 6.45) is -5.50. The van der Waals surface area contributed by atoms with Crippen molar-refractivity contribution >= 4 is 0 Å². The summed E-state index contributed by atoms with van der Waals surface area (Å²) in [5, 5.41) is 0. The van der Waals surface area contributed by atoms with Gasteiger partial charge in [0.15, 0.2) is 0 Å². The Morgan fingerprint density at radius 1 is 0.706 bits per heavy atom. The van der Waals surface area contributed by atoms with Crippen LogP contribution in [0.4, 0.5) is 22.0 Å². The molecule has 0 rings (SSSR count). The van der Waals surface area contributed by atoms with Crippen LogP contribution >= 0.6 is 0 Å². The van der Waals surface area contributed by atoms with E-state index in [-0.39, 0.29) is 12.8 Å². The second-order valence-electron chi connectivity index (χ2n) is 5.03. The minimum Gasteiger partial charge on any atom is -0.205 e. The van der Waals surface area contributed by atoms with Crippen molar-refractivity contribution in [1.29, 1.82) is 0 Å². The number of hydrogen-bond donors (Lipinski definition) is 0. The predicted molar refractivity (Wildman–Crippen MR) is 58.1 cm³/mol. The average molecular weight is 260 g/mol. The Labute approximate surface area is 99.6 Å². The summed E-state index contributed by atoms with van der Waals surface area (Å²) in [5.74, 6) is -3.78. The number of rotatable bonds is 5. The standard InChI is InChI=1S/C12H21F5/c1-6-9(4,7-2)11(13,14)10(5,8-3)12(15,16)17/h6-8H2,1-5H3. The van der Waals surface area contributed by atoms with Gasteiger partial charge in [-0.3, -0.25) is 0 Å². The zero-order valence-electron chi connectivity index (χ0n) is 11.0. The Bertz CT molecular complexity index is 252. The second kappa shape index (κ2) is 4.73. The fourth-order valence-corrected chi connectivity index (χ4v) is 1.96. The van der Waals surface area contributed by atoms with Crippen LogP contribution in [0.3, 0.4) is 0 Å². The lowest BCUT2D eigenvalue weighted by Gasteiger charge is -2.47. The highest BCUT2D eigenvalue weighted by atomic mass is 19.4. The Kier molecular flexibility index (Phi) is 4.63. The maximum absolute atomic E-state index is 14.3. The van der Waals surface area contributed by atoms with Crippen molar-refractivity contribution in [3.63, 3.8) is 0 Å². The Hall–Kier alpha value is -0.350. The van der Waals surface area contributed by atoms with Gasteiger partial charge in [0.1, 0.15) is 5.41 Å². The first kappa shape index (κ1) is 16.6. The van der Waals surface area contributed by atoms with E-state index in [2.05, 4.69) is 0 Å². The third-order valence-electron chi connectivity index (χ3n) is 4.34. The molecule has 0 amide bonds. The van der Waals surface area contributed by atoms with E-state index in [9.17, 15) is 22.0 Å². The molecular formula is C12H21F5. The van der Waals surface area contributed by atoms with Crippen LogP contribution in [0.2, 0.25) is 0 Å². The van der Waals surface area contributed by atoms with Crippen molar-refractivity contribution < 1.29 is 22.0 Å². The molecule has 1 atom stereocenters. The first-order chi connectivity index (χ1) is 7.43. The highest BCUT2D eigenvalue weighted by Crippen LogP contribution is 2.60. The summed E-state index contributed by atoms with van der Waals surface area (Å²) in [5.41, 5.74) is -4.60. The molecule has 0 fully saturated rings. The molecule has 5 heteroatoms. The van der Waals surface area contributed by atoms with Gasteiger partial charge in [0.25, 0.3) is 5.92 Å². The van der Waals surface area contributed by atoms with E-state index in [0.29, 0.717) is 6.92 Å². The van der Waals surface area contributed by atoms with Crippen LogP contribution in [0.1, 0.15) is 53.9 Å². The highest BCUT2D eigenvalue weighted by Gasteiger charge is 2.70. The lowest BCUT2D eigenvalue weighted by Crippen LogP contribution is -2.57. The summed E-state index contributed by atoms with van der Waals surface area (Å²) >= 11 is 0.